The van der Waals surface area contributed by atoms with Crippen LogP contribution in [0.4, 0.5) is 17.6 Å². The maximum absolute atomic E-state index is 13.2. The van der Waals surface area contributed by atoms with E-state index in [0.29, 0.717) is 0 Å². The minimum Gasteiger partial charge on any atom is -0.388 e. The molecular formula is C9H12Cl2F4O3. The van der Waals surface area contributed by atoms with E-state index in [-0.39, 0.29) is 0 Å². The molecule has 2 atom stereocenters. The Morgan fingerprint density at radius 2 is 1.44 bits per heavy atom. The van der Waals surface area contributed by atoms with Gasteiger partial charge in [0.05, 0.1) is 11.7 Å². The van der Waals surface area contributed by atoms with E-state index in [1.807, 2.05) is 0 Å². The van der Waals surface area contributed by atoms with Gasteiger partial charge in [-0.3, -0.25) is 0 Å². The van der Waals surface area contributed by atoms with E-state index in [1.54, 1.807) is 0 Å². The minimum absolute atomic E-state index is 1.19. The Kier molecular flexibility index (Phi) is 3.92. The molecule has 1 aliphatic heterocycles. The van der Waals surface area contributed by atoms with Crippen molar-refractivity contribution in [1.82, 2.24) is 0 Å². The van der Waals surface area contributed by atoms with Crippen molar-refractivity contribution < 1.29 is 32.1 Å². The van der Waals surface area contributed by atoms with Crippen molar-refractivity contribution in [1.29, 1.82) is 0 Å². The first kappa shape index (κ1) is 16.2. The highest BCUT2D eigenvalue weighted by molar-refractivity contribution is 6.26. The Bertz CT molecular complexity index is 307. The number of hydrogen-bond acceptors (Lipinski definition) is 3. The maximum atomic E-state index is 13.2. The van der Waals surface area contributed by atoms with Crippen LogP contribution in [0.1, 0.15) is 20.8 Å². The van der Waals surface area contributed by atoms with Crippen LogP contribution in [0.15, 0.2) is 0 Å². The highest BCUT2D eigenvalue weighted by Crippen LogP contribution is 2.54. The van der Waals surface area contributed by atoms with Gasteiger partial charge in [-0.1, -0.05) is 0 Å². The van der Waals surface area contributed by atoms with Gasteiger partial charge in [0, 0.05) is 0 Å². The number of ether oxygens (including phenoxy) is 2. The summed E-state index contributed by atoms with van der Waals surface area (Å²) in [5.74, 6) is -3.83. The lowest BCUT2D eigenvalue weighted by Crippen LogP contribution is -2.57. The van der Waals surface area contributed by atoms with E-state index in [9.17, 15) is 22.7 Å². The lowest BCUT2D eigenvalue weighted by atomic mass is 9.98. The third kappa shape index (κ3) is 2.56. The van der Waals surface area contributed by atoms with Gasteiger partial charge >= 0.3 is 16.6 Å². The van der Waals surface area contributed by atoms with Crippen LogP contribution in [0.5, 0.6) is 0 Å². The van der Waals surface area contributed by atoms with E-state index >= 15 is 0 Å². The molecule has 1 saturated heterocycles. The molecule has 1 N–H and O–H groups in total. The molecule has 1 rings (SSSR count). The first-order valence-corrected chi connectivity index (χ1v) is 5.69. The van der Waals surface area contributed by atoms with Gasteiger partial charge in [0.2, 0.25) is 0 Å². The van der Waals surface area contributed by atoms with Crippen LogP contribution in [-0.2, 0) is 9.47 Å². The van der Waals surface area contributed by atoms with Crippen LogP contribution in [0, 0.1) is 0 Å². The van der Waals surface area contributed by atoms with Gasteiger partial charge in [0.1, 0.15) is 6.10 Å². The molecule has 0 aromatic rings. The van der Waals surface area contributed by atoms with Gasteiger partial charge in [0.25, 0.3) is 0 Å². The summed E-state index contributed by atoms with van der Waals surface area (Å²) in [4.78, 5) is 0. The van der Waals surface area contributed by atoms with Gasteiger partial charge in [-0.05, 0) is 44.0 Å². The molecule has 108 valence electrons. The summed E-state index contributed by atoms with van der Waals surface area (Å²) in [6.07, 6.45) is -2.69. The lowest BCUT2D eigenvalue weighted by Gasteiger charge is -2.35. The zero-order chi connectivity index (χ0) is 14.6. The zero-order valence-electron chi connectivity index (χ0n) is 9.69. The van der Waals surface area contributed by atoms with E-state index in [2.05, 4.69) is 32.7 Å². The minimum atomic E-state index is -4.58. The Labute approximate surface area is 111 Å². The average molecular weight is 315 g/mol. The van der Waals surface area contributed by atoms with E-state index in [0.717, 1.165) is 0 Å². The summed E-state index contributed by atoms with van der Waals surface area (Å²) in [5.41, 5.74) is -1.69. The number of aliphatic hydroxyl groups is 1. The summed E-state index contributed by atoms with van der Waals surface area (Å²) < 4.78 is 61.7. The second-order valence-corrected chi connectivity index (χ2v) is 5.58. The quantitative estimate of drug-likeness (QED) is 0.643. The van der Waals surface area contributed by atoms with Crippen molar-refractivity contribution in [2.45, 2.75) is 55.1 Å². The van der Waals surface area contributed by atoms with Crippen LogP contribution >= 0.6 is 23.2 Å². The maximum Gasteiger partial charge on any atom is 0.382 e. The van der Waals surface area contributed by atoms with Gasteiger partial charge in [0.15, 0.2) is 0 Å². The van der Waals surface area contributed by atoms with Gasteiger partial charge in [-0.25, -0.2) is 0 Å². The summed E-state index contributed by atoms with van der Waals surface area (Å²) in [7, 11) is 0. The van der Waals surface area contributed by atoms with Crippen LogP contribution in [0.25, 0.3) is 0 Å². The highest BCUT2D eigenvalue weighted by atomic mass is 35.5. The van der Waals surface area contributed by atoms with Crippen molar-refractivity contribution in [3.63, 3.8) is 0 Å². The Morgan fingerprint density at radius 3 is 1.61 bits per heavy atom. The third-order valence-corrected chi connectivity index (χ3v) is 3.01. The predicted molar refractivity (Wildman–Crippen MR) is 56.0 cm³/mol. The van der Waals surface area contributed by atoms with Crippen LogP contribution in [0.2, 0.25) is 0 Å². The van der Waals surface area contributed by atoms with Crippen molar-refractivity contribution in [3.8, 4) is 0 Å². The van der Waals surface area contributed by atoms with Crippen LogP contribution in [0.3, 0.4) is 0 Å². The molecule has 0 aromatic heterocycles. The number of halogens is 6. The standard InChI is InChI=1S/C9H12Cl2F4O3/c1-4-5(6(2,3)16)18-7(17-4,8(10,12)13)9(11,14)15/h4-5,16H,1-3H3. The zero-order valence-corrected chi connectivity index (χ0v) is 11.2. The van der Waals surface area contributed by atoms with E-state index in [4.69, 9.17) is 0 Å². The predicted octanol–water partition coefficient (Wildman–Crippen LogP) is 2.92. The van der Waals surface area contributed by atoms with Crippen molar-refractivity contribution in [3.05, 3.63) is 0 Å². The molecule has 0 bridgehead atoms. The Morgan fingerprint density at radius 1 is 1.06 bits per heavy atom. The van der Waals surface area contributed by atoms with Crippen molar-refractivity contribution >= 4 is 23.2 Å². The number of hydrogen-bond donors (Lipinski definition) is 1. The van der Waals surface area contributed by atoms with Crippen LogP contribution < -0.4 is 0 Å². The largest absolute Gasteiger partial charge is 0.388 e. The molecule has 0 saturated carbocycles. The first-order chi connectivity index (χ1) is 7.72. The topological polar surface area (TPSA) is 38.7 Å². The SMILES string of the molecule is CC1OC(C(F)(F)Cl)(C(F)(F)Cl)OC1C(C)(C)O. The molecule has 3 nitrogen and oxygen atoms in total. The highest BCUT2D eigenvalue weighted by Gasteiger charge is 2.76. The number of rotatable bonds is 3. The molecule has 0 aromatic carbocycles. The van der Waals surface area contributed by atoms with Crippen molar-refractivity contribution in [2.24, 2.45) is 0 Å². The summed E-state index contributed by atoms with van der Waals surface area (Å²) in [6, 6.07) is 0. The molecule has 1 aliphatic rings. The fourth-order valence-electron chi connectivity index (χ4n) is 1.77. The molecule has 1 fully saturated rings. The lowest BCUT2D eigenvalue weighted by molar-refractivity contribution is -0.336. The molecule has 0 spiro atoms. The van der Waals surface area contributed by atoms with Gasteiger partial charge in [-0.2, -0.15) is 17.6 Å². The Balaban J connectivity index is 3.21. The monoisotopic (exact) mass is 314 g/mol. The molecule has 1 heterocycles. The molecule has 9 heteroatoms. The van der Waals surface area contributed by atoms with Crippen LogP contribution in [-0.4, -0.2) is 39.5 Å². The second kappa shape index (κ2) is 4.34. The third-order valence-electron chi connectivity index (χ3n) is 2.51. The van der Waals surface area contributed by atoms with Gasteiger partial charge in [-0.15, -0.1) is 0 Å². The summed E-state index contributed by atoms with van der Waals surface area (Å²) >= 11 is 9.26. The molecular weight excluding hydrogens is 303 g/mol. The molecule has 0 radical (unpaired) electrons. The summed E-state index contributed by atoms with van der Waals surface area (Å²) in [6.45, 7) is 3.59. The molecule has 0 aliphatic carbocycles. The first-order valence-electron chi connectivity index (χ1n) is 4.94. The smallest absolute Gasteiger partial charge is 0.382 e. The molecule has 18 heavy (non-hydrogen) atoms. The second-order valence-electron chi connectivity index (χ2n) is 4.63. The molecule has 2 unspecified atom stereocenters. The fraction of sp³-hybridized carbons (Fsp3) is 1.00. The van der Waals surface area contributed by atoms with E-state index < -0.39 is 34.4 Å². The average Bonchev–Trinajstić information content (AvgIpc) is 2.40. The van der Waals surface area contributed by atoms with Gasteiger partial charge < -0.3 is 14.6 Å². The summed E-state index contributed by atoms with van der Waals surface area (Å²) in [5, 5.41) is 0.517. The normalized spacial score (nSPS) is 29.7. The fourth-order valence-corrected chi connectivity index (χ4v) is 2.24. The number of alkyl halides is 6. The van der Waals surface area contributed by atoms with Crippen molar-refractivity contribution in [2.75, 3.05) is 0 Å². The van der Waals surface area contributed by atoms with E-state index in [1.165, 1.54) is 20.8 Å². The molecule has 0 amide bonds. The Hall–Kier alpha value is 0.180.